The molecule has 0 saturated carbocycles. The fourth-order valence-electron chi connectivity index (χ4n) is 3.28. The van der Waals surface area contributed by atoms with E-state index < -0.39 is 11.7 Å². The molecule has 4 rings (SSSR count). The van der Waals surface area contributed by atoms with Crippen molar-refractivity contribution in [1.29, 1.82) is 0 Å². The first-order valence-corrected chi connectivity index (χ1v) is 9.55. The summed E-state index contributed by atoms with van der Waals surface area (Å²) in [7, 11) is 0. The molecule has 32 heavy (non-hydrogen) atoms. The van der Waals surface area contributed by atoms with Crippen LogP contribution in [0.5, 0.6) is 5.75 Å². The van der Waals surface area contributed by atoms with Gasteiger partial charge in [-0.1, -0.05) is 48.5 Å². The van der Waals surface area contributed by atoms with Crippen LogP contribution in [0.25, 0.3) is 22.5 Å². The van der Waals surface area contributed by atoms with E-state index in [1.54, 1.807) is 36.4 Å². The minimum absolute atomic E-state index is 0.0452. The maximum absolute atomic E-state index is 13.7. The predicted molar refractivity (Wildman–Crippen MR) is 116 cm³/mol. The van der Waals surface area contributed by atoms with Gasteiger partial charge in [0.1, 0.15) is 11.5 Å². The van der Waals surface area contributed by atoms with Gasteiger partial charge >= 0.3 is 6.18 Å². The highest BCUT2D eigenvalue weighted by Gasteiger charge is 2.34. The first kappa shape index (κ1) is 21.0. The van der Waals surface area contributed by atoms with Gasteiger partial charge < -0.3 is 10.9 Å². The zero-order valence-corrected chi connectivity index (χ0v) is 16.6. The molecule has 4 aromatic rings. The van der Waals surface area contributed by atoms with Crippen LogP contribution in [0, 0.1) is 0 Å². The van der Waals surface area contributed by atoms with Crippen LogP contribution in [0.4, 0.5) is 13.2 Å². The van der Waals surface area contributed by atoms with Crippen LogP contribution >= 0.6 is 0 Å². The molecule has 0 saturated heterocycles. The normalized spacial score (nSPS) is 12.0. The number of halogens is 3. The highest BCUT2D eigenvalue weighted by Crippen LogP contribution is 2.37. The van der Waals surface area contributed by atoms with Crippen molar-refractivity contribution in [2.24, 2.45) is 10.9 Å². The van der Waals surface area contributed by atoms with Gasteiger partial charge in [0.15, 0.2) is 5.82 Å². The Morgan fingerprint density at radius 2 is 1.44 bits per heavy atom. The van der Waals surface area contributed by atoms with Gasteiger partial charge in [-0.05, 0) is 36.4 Å². The number of benzene rings is 3. The van der Waals surface area contributed by atoms with E-state index >= 15 is 0 Å². The molecule has 0 fully saturated rings. The van der Waals surface area contributed by atoms with Crippen molar-refractivity contribution in [2.75, 3.05) is 0 Å². The number of phenolic OH excluding ortho intramolecular Hbond substituents is 1. The molecule has 0 bridgehead atoms. The number of nitrogens with zero attached hydrogens (tertiary/aromatic N) is 3. The molecule has 1 heterocycles. The summed E-state index contributed by atoms with van der Waals surface area (Å²) in [6.07, 6.45) is -4.56. The molecule has 3 aromatic carbocycles. The lowest BCUT2D eigenvalue weighted by atomic mass is 10.0. The van der Waals surface area contributed by atoms with E-state index in [9.17, 15) is 18.3 Å². The maximum atomic E-state index is 13.7. The number of hydrazone groups is 1. The van der Waals surface area contributed by atoms with Gasteiger partial charge in [0.05, 0.1) is 17.0 Å². The molecular weight excluding hydrogens is 417 g/mol. The largest absolute Gasteiger partial charge is 0.508 e. The van der Waals surface area contributed by atoms with Crippen LogP contribution in [0.2, 0.25) is 0 Å². The third kappa shape index (κ3) is 4.29. The summed E-state index contributed by atoms with van der Waals surface area (Å²) in [6, 6.07) is 21.8. The minimum Gasteiger partial charge on any atom is -0.508 e. The first-order valence-electron chi connectivity index (χ1n) is 9.55. The summed E-state index contributed by atoms with van der Waals surface area (Å²) in [5.41, 5.74) is 0.995. The van der Waals surface area contributed by atoms with Crippen molar-refractivity contribution in [3.63, 3.8) is 0 Å². The van der Waals surface area contributed by atoms with Crippen molar-refractivity contribution >= 4 is 5.71 Å². The average Bonchev–Trinajstić information content (AvgIpc) is 2.81. The van der Waals surface area contributed by atoms with Gasteiger partial charge in [0, 0.05) is 16.7 Å². The topological polar surface area (TPSA) is 84.4 Å². The second kappa shape index (κ2) is 8.50. The summed E-state index contributed by atoms with van der Waals surface area (Å²) < 4.78 is 41.0. The highest BCUT2D eigenvalue weighted by molar-refractivity contribution is 6.10. The van der Waals surface area contributed by atoms with Crippen LogP contribution in [0.1, 0.15) is 17.0 Å². The van der Waals surface area contributed by atoms with E-state index in [-0.39, 0.29) is 28.5 Å². The molecule has 8 heteroatoms. The van der Waals surface area contributed by atoms with Crippen LogP contribution in [-0.4, -0.2) is 20.8 Å². The lowest BCUT2D eigenvalue weighted by molar-refractivity contribution is -0.137. The van der Waals surface area contributed by atoms with E-state index in [4.69, 9.17) is 5.84 Å². The Balaban J connectivity index is 1.96. The Labute approximate surface area is 181 Å². The van der Waals surface area contributed by atoms with Crippen LogP contribution in [0.15, 0.2) is 90.0 Å². The Bertz CT molecular complexity index is 1270. The van der Waals surface area contributed by atoms with Crippen molar-refractivity contribution < 1.29 is 18.3 Å². The lowest BCUT2D eigenvalue weighted by Gasteiger charge is -2.14. The van der Waals surface area contributed by atoms with E-state index in [1.807, 2.05) is 6.07 Å². The number of hydrogen-bond acceptors (Lipinski definition) is 5. The molecule has 0 amide bonds. The summed E-state index contributed by atoms with van der Waals surface area (Å²) >= 11 is 0. The van der Waals surface area contributed by atoms with E-state index in [2.05, 4.69) is 15.1 Å². The molecule has 0 aliphatic rings. The lowest BCUT2D eigenvalue weighted by Crippen LogP contribution is -2.13. The monoisotopic (exact) mass is 434 g/mol. The second-order valence-corrected chi connectivity index (χ2v) is 6.90. The van der Waals surface area contributed by atoms with Crippen LogP contribution in [0.3, 0.4) is 0 Å². The molecule has 3 N–H and O–H groups in total. The zero-order chi connectivity index (χ0) is 22.7. The first-order chi connectivity index (χ1) is 15.4. The maximum Gasteiger partial charge on any atom is 0.417 e. The predicted octanol–water partition coefficient (Wildman–Crippen LogP) is 5.25. The van der Waals surface area contributed by atoms with Crippen molar-refractivity contribution in [2.45, 2.75) is 6.18 Å². The summed E-state index contributed by atoms with van der Waals surface area (Å²) in [6.45, 7) is 0. The fraction of sp³-hybridized carbons (Fsp3) is 0.0417. The Morgan fingerprint density at radius 3 is 2.09 bits per heavy atom. The molecule has 0 unspecified atom stereocenters. The second-order valence-electron chi connectivity index (χ2n) is 6.90. The summed E-state index contributed by atoms with van der Waals surface area (Å²) in [5, 5.41) is 13.4. The zero-order valence-electron chi connectivity index (χ0n) is 16.6. The molecular formula is C24H17F3N4O. The number of hydrogen-bond donors (Lipinski definition) is 2. The highest BCUT2D eigenvalue weighted by atomic mass is 19.4. The standard InChI is InChI=1S/C24H17F3N4O/c25-24(26,27)19-9-5-4-8-18(19)21-14-20(15-6-2-1-3-7-15)29-23(30-21)22(31-28)16-10-12-17(32)13-11-16/h1-14,32H,28H2/b31-22+. The van der Waals surface area contributed by atoms with Crippen molar-refractivity contribution in [3.8, 4) is 28.3 Å². The smallest absolute Gasteiger partial charge is 0.417 e. The Morgan fingerprint density at radius 1 is 0.812 bits per heavy atom. The number of alkyl halides is 3. The molecule has 160 valence electrons. The molecule has 0 aliphatic heterocycles. The molecule has 0 aliphatic carbocycles. The molecule has 1 aromatic heterocycles. The van der Waals surface area contributed by atoms with Gasteiger partial charge in [0.2, 0.25) is 0 Å². The molecule has 0 radical (unpaired) electrons. The van der Waals surface area contributed by atoms with Crippen molar-refractivity contribution in [3.05, 3.63) is 102 Å². The van der Waals surface area contributed by atoms with E-state index in [0.29, 0.717) is 16.8 Å². The SMILES string of the molecule is N/N=C(\c1ccc(O)cc1)c1nc(-c2ccccc2)cc(-c2ccccc2C(F)(F)F)n1. The third-order valence-electron chi connectivity index (χ3n) is 4.79. The number of nitrogens with two attached hydrogens (primary N) is 1. The summed E-state index contributed by atoms with van der Waals surface area (Å²) in [4.78, 5) is 8.91. The van der Waals surface area contributed by atoms with Gasteiger partial charge in [-0.25, -0.2) is 9.97 Å². The summed E-state index contributed by atoms with van der Waals surface area (Å²) in [5.74, 6) is 5.72. The van der Waals surface area contributed by atoms with Crippen LogP contribution in [-0.2, 0) is 6.18 Å². The molecule has 0 spiro atoms. The van der Waals surface area contributed by atoms with Gasteiger partial charge in [0.25, 0.3) is 0 Å². The molecule has 5 nitrogen and oxygen atoms in total. The number of aromatic nitrogens is 2. The van der Waals surface area contributed by atoms with Gasteiger partial charge in [-0.2, -0.15) is 18.3 Å². The fourth-order valence-corrected chi connectivity index (χ4v) is 3.28. The minimum atomic E-state index is -4.56. The molecule has 0 atom stereocenters. The third-order valence-corrected chi connectivity index (χ3v) is 4.79. The van der Waals surface area contributed by atoms with Gasteiger partial charge in [-0.15, -0.1) is 0 Å². The number of rotatable bonds is 4. The quantitative estimate of drug-likeness (QED) is 0.261. The number of phenols is 1. The Hall–Kier alpha value is -4.20. The van der Waals surface area contributed by atoms with Crippen molar-refractivity contribution in [1.82, 2.24) is 9.97 Å². The average molecular weight is 434 g/mol. The van der Waals surface area contributed by atoms with Gasteiger partial charge in [-0.3, -0.25) is 0 Å². The van der Waals surface area contributed by atoms with E-state index in [0.717, 1.165) is 6.07 Å². The Kier molecular flexibility index (Phi) is 5.59. The number of aromatic hydroxyl groups is 1. The van der Waals surface area contributed by atoms with Crippen LogP contribution < -0.4 is 5.84 Å². The van der Waals surface area contributed by atoms with E-state index in [1.165, 1.54) is 36.4 Å².